The Kier molecular flexibility index (Phi) is 2.85. The summed E-state index contributed by atoms with van der Waals surface area (Å²) in [5, 5.41) is 0. The molecular formula is C21H22N2O. The Hall–Kier alpha value is -2.29. The SMILES string of the molecule is Cc1ccccc1N1[C@@H](C)c2oc3cccnc3c2C12CCCC2. The van der Waals surface area contributed by atoms with E-state index in [4.69, 9.17) is 9.40 Å². The maximum absolute atomic E-state index is 6.30. The number of furan rings is 1. The molecule has 122 valence electrons. The first kappa shape index (κ1) is 14.1. The Bertz CT molecular complexity index is 920. The van der Waals surface area contributed by atoms with Gasteiger partial charge in [-0.15, -0.1) is 0 Å². The number of hydrogen-bond acceptors (Lipinski definition) is 3. The highest BCUT2D eigenvalue weighted by Crippen LogP contribution is 2.58. The van der Waals surface area contributed by atoms with E-state index in [2.05, 4.69) is 43.0 Å². The first-order chi connectivity index (χ1) is 11.7. The summed E-state index contributed by atoms with van der Waals surface area (Å²) in [6.45, 7) is 4.49. The standard InChI is InChI=1S/C21H22N2O/c1-14-8-3-4-9-16(14)23-15(2)20-18(21(23)11-5-6-12-21)19-17(24-20)10-7-13-22-19/h3-4,7-10,13,15H,5-6,11-12H2,1-2H3/t15-/m0/s1. The van der Waals surface area contributed by atoms with E-state index in [0.717, 1.165) is 16.9 Å². The van der Waals surface area contributed by atoms with Gasteiger partial charge in [0, 0.05) is 17.4 Å². The van der Waals surface area contributed by atoms with E-state index in [0.29, 0.717) is 0 Å². The second-order valence-electron chi connectivity index (χ2n) is 7.26. The van der Waals surface area contributed by atoms with Gasteiger partial charge in [0.05, 0.1) is 11.6 Å². The molecule has 3 nitrogen and oxygen atoms in total. The second-order valence-corrected chi connectivity index (χ2v) is 7.26. The Morgan fingerprint density at radius 1 is 1.12 bits per heavy atom. The van der Waals surface area contributed by atoms with Crippen LogP contribution in [0.3, 0.4) is 0 Å². The van der Waals surface area contributed by atoms with Crippen molar-refractivity contribution in [2.24, 2.45) is 0 Å². The van der Waals surface area contributed by atoms with Gasteiger partial charge in [-0.05, 0) is 50.5 Å². The minimum absolute atomic E-state index is 0.0421. The molecule has 1 fully saturated rings. The number of aryl methyl sites for hydroxylation is 1. The van der Waals surface area contributed by atoms with Crippen molar-refractivity contribution in [1.29, 1.82) is 0 Å². The van der Waals surface area contributed by atoms with E-state index < -0.39 is 0 Å². The van der Waals surface area contributed by atoms with Crippen LogP contribution in [0.15, 0.2) is 47.0 Å². The van der Waals surface area contributed by atoms with Gasteiger partial charge in [-0.3, -0.25) is 4.98 Å². The summed E-state index contributed by atoms with van der Waals surface area (Å²) in [4.78, 5) is 7.32. The molecular weight excluding hydrogens is 296 g/mol. The van der Waals surface area contributed by atoms with Crippen molar-refractivity contribution in [2.45, 2.75) is 51.1 Å². The Labute approximate surface area is 142 Å². The topological polar surface area (TPSA) is 29.3 Å². The minimum atomic E-state index is 0.0421. The highest BCUT2D eigenvalue weighted by atomic mass is 16.3. The van der Waals surface area contributed by atoms with Gasteiger partial charge in [0.25, 0.3) is 0 Å². The quantitative estimate of drug-likeness (QED) is 0.594. The average Bonchev–Trinajstić information content (AvgIpc) is 3.26. The van der Waals surface area contributed by atoms with Gasteiger partial charge in [-0.25, -0.2) is 0 Å². The molecule has 3 heteroatoms. The van der Waals surface area contributed by atoms with Crippen molar-refractivity contribution >= 4 is 16.8 Å². The van der Waals surface area contributed by atoms with Crippen molar-refractivity contribution in [3.05, 3.63) is 59.5 Å². The summed E-state index contributed by atoms with van der Waals surface area (Å²) in [5.74, 6) is 1.12. The maximum atomic E-state index is 6.30. The lowest BCUT2D eigenvalue weighted by Gasteiger charge is -2.40. The summed E-state index contributed by atoms with van der Waals surface area (Å²) in [7, 11) is 0. The largest absolute Gasteiger partial charge is 0.457 e. The lowest BCUT2D eigenvalue weighted by atomic mass is 9.88. The number of aromatic nitrogens is 1. The normalized spacial score (nSPS) is 21.8. The van der Waals surface area contributed by atoms with Gasteiger partial charge in [-0.2, -0.15) is 0 Å². The van der Waals surface area contributed by atoms with Gasteiger partial charge < -0.3 is 9.32 Å². The molecule has 5 rings (SSSR count). The average molecular weight is 318 g/mol. The Morgan fingerprint density at radius 2 is 1.92 bits per heavy atom. The van der Waals surface area contributed by atoms with E-state index in [1.807, 2.05) is 18.3 Å². The van der Waals surface area contributed by atoms with Gasteiger partial charge in [0.15, 0.2) is 5.58 Å². The number of para-hydroxylation sites is 1. The molecule has 1 aliphatic carbocycles. The van der Waals surface area contributed by atoms with Crippen LogP contribution in [0.2, 0.25) is 0 Å². The van der Waals surface area contributed by atoms with E-state index in [-0.39, 0.29) is 11.6 Å². The van der Waals surface area contributed by atoms with E-state index in [1.54, 1.807) is 0 Å². The third kappa shape index (κ3) is 1.65. The number of hydrogen-bond donors (Lipinski definition) is 0. The first-order valence-electron chi connectivity index (χ1n) is 8.95. The van der Waals surface area contributed by atoms with Crippen molar-refractivity contribution in [1.82, 2.24) is 4.98 Å². The number of anilines is 1. The van der Waals surface area contributed by atoms with Gasteiger partial charge >= 0.3 is 0 Å². The van der Waals surface area contributed by atoms with Crippen molar-refractivity contribution in [2.75, 3.05) is 4.90 Å². The molecule has 0 bridgehead atoms. The molecule has 24 heavy (non-hydrogen) atoms. The molecule has 2 aromatic heterocycles. The molecule has 0 radical (unpaired) electrons. The zero-order valence-electron chi connectivity index (χ0n) is 14.2. The maximum Gasteiger partial charge on any atom is 0.153 e. The van der Waals surface area contributed by atoms with E-state index in [1.165, 1.54) is 42.5 Å². The summed E-state index contributed by atoms with van der Waals surface area (Å²) in [6, 6.07) is 13.0. The van der Waals surface area contributed by atoms with E-state index in [9.17, 15) is 0 Å². The minimum Gasteiger partial charge on any atom is -0.457 e. The van der Waals surface area contributed by atoms with Crippen LogP contribution >= 0.6 is 0 Å². The molecule has 0 unspecified atom stereocenters. The molecule has 0 N–H and O–H groups in total. The molecule has 3 aromatic rings. The van der Waals surface area contributed by atoms with Gasteiger partial charge in [0.2, 0.25) is 0 Å². The number of benzene rings is 1. The lowest BCUT2D eigenvalue weighted by Crippen LogP contribution is -2.40. The zero-order chi connectivity index (χ0) is 16.3. The molecule has 1 aromatic carbocycles. The van der Waals surface area contributed by atoms with Crippen LogP contribution in [-0.2, 0) is 5.54 Å². The fraction of sp³-hybridized carbons (Fsp3) is 0.381. The first-order valence-corrected chi connectivity index (χ1v) is 8.95. The molecule has 3 heterocycles. The predicted octanol–water partition coefficient (Wildman–Crippen LogP) is 5.49. The van der Waals surface area contributed by atoms with Crippen LogP contribution in [0.4, 0.5) is 5.69 Å². The van der Waals surface area contributed by atoms with Crippen LogP contribution in [0.1, 0.15) is 55.5 Å². The molecule has 1 atom stereocenters. The molecule has 0 saturated heterocycles. The zero-order valence-corrected chi connectivity index (χ0v) is 14.2. The van der Waals surface area contributed by atoms with Crippen LogP contribution in [0.25, 0.3) is 11.1 Å². The van der Waals surface area contributed by atoms with Gasteiger partial charge in [-0.1, -0.05) is 31.0 Å². The van der Waals surface area contributed by atoms with Gasteiger partial charge in [0.1, 0.15) is 11.3 Å². The van der Waals surface area contributed by atoms with Crippen LogP contribution in [0, 0.1) is 6.92 Å². The molecule has 1 spiro atoms. The highest BCUT2D eigenvalue weighted by molar-refractivity contribution is 5.83. The molecule has 0 amide bonds. The van der Waals surface area contributed by atoms with E-state index >= 15 is 0 Å². The summed E-state index contributed by atoms with van der Waals surface area (Å²) >= 11 is 0. The second kappa shape index (κ2) is 4.85. The fourth-order valence-electron chi connectivity index (χ4n) is 5.02. The predicted molar refractivity (Wildman–Crippen MR) is 96.2 cm³/mol. The van der Waals surface area contributed by atoms with Crippen LogP contribution < -0.4 is 4.90 Å². The van der Waals surface area contributed by atoms with Crippen molar-refractivity contribution in [3.8, 4) is 0 Å². The number of pyridine rings is 1. The summed E-state index contributed by atoms with van der Waals surface area (Å²) in [5.41, 5.74) is 6.06. The third-order valence-corrected chi connectivity index (χ3v) is 5.97. The number of fused-ring (bicyclic) bond motifs is 4. The lowest BCUT2D eigenvalue weighted by molar-refractivity contribution is 0.410. The number of rotatable bonds is 1. The smallest absolute Gasteiger partial charge is 0.153 e. The summed E-state index contributed by atoms with van der Waals surface area (Å²) < 4.78 is 6.30. The van der Waals surface area contributed by atoms with Crippen LogP contribution in [0.5, 0.6) is 0 Å². The summed E-state index contributed by atoms with van der Waals surface area (Å²) in [6.07, 6.45) is 6.80. The van der Waals surface area contributed by atoms with Crippen LogP contribution in [-0.4, -0.2) is 4.98 Å². The Balaban J connectivity index is 1.80. The fourth-order valence-corrected chi connectivity index (χ4v) is 5.02. The van der Waals surface area contributed by atoms with Crippen molar-refractivity contribution in [3.63, 3.8) is 0 Å². The Morgan fingerprint density at radius 3 is 2.71 bits per heavy atom. The molecule has 1 saturated carbocycles. The number of nitrogens with zero attached hydrogens (tertiary/aromatic N) is 2. The van der Waals surface area contributed by atoms with Crippen molar-refractivity contribution < 1.29 is 4.42 Å². The third-order valence-electron chi connectivity index (χ3n) is 5.97. The molecule has 1 aliphatic heterocycles. The molecule has 2 aliphatic rings. The monoisotopic (exact) mass is 318 g/mol. The highest BCUT2D eigenvalue weighted by Gasteiger charge is 2.54.